The first-order valence-corrected chi connectivity index (χ1v) is 5.95. The van der Waals surface area contributed by atoms with Crippen molar-refractivity contribution in [1.29, 1.82) is 0 Å². The molecule has 92 valence electrons. The largest absolute Gasteiger partial charge is 0.322 e. The Balaban J connectivity index is 2.19. The van der Waals surface area contributed by atoms with Crippen LogP contribution in [0.3, 0.4) is 0 Å². The fraction of sp³-hybridized carbons (Fsp3) is 0.0714. The molecule has 18 heavy (non-hydrogen) atoms. The van der Waals surface area contributed by atoms with Gasteiger partial charge in [-0.25, -0.2) is 4.39 Å². The smallest absolute Gasteiger partial charge is 0.258 e. The summed E-state index contributed by atoms with van der Waals surface area (Å²) in [6.45, 7) is 0. The van der Waals surface area contributed by atoms with Crippen molar-refractivity contribution in [2.24, 2.45) is 0 Å². The number of nitrogens with one attached hydrogen (secondary N) is 1. The molecule has 0 unspecified atom stereocenters. The first kappa shape index (κ1) is 12.6. The topological polar surface area (TPSA) is 29.1 Å². The third-order valence-corrected chi connectivity index (χ3v) is 2.77. The monoisotopic (exact) mass is 263 g/mol. The van der Waals surface area contributed by atoms with Gasteiger partial charge < -0.3 is 5.32 Å². The summed E-state index contributed by atoms with van der Waals surface area (Å²) in [5, 5.41) is 2.64. The van der Waals surface area contributed by atoms with Crippen LogP contribution >= 0.6 is 11.6 Å². The molecular formula is C14H11ClFNO. The van der Waals surface area contributed by atoms with Gasteiger partial charge >= 0.3 is 0 Å². The van der Waals surface area contributed by atoms with E-state index < -0.39 is 11.7 Å². The van der Waals surface area contributed by atoms with E-state index in [-0.39, 0.29) is 5.56 Å². The van der Waals surface area contributed by atoms with Crippen LogP contribution in [0.5, 0.6) is 0 Å². The van der Waals surface area contributed by atoms with Gasteiger partial charge in [-0.2, -0.15) is 0 Å². The van der Waals surface area contributed by atoms with Crippen molar-refractivity contribution in [3.05, 3.63) is 65.5 Å². The Morgan fingerprint density at radius 3 is 2.67 bits per heavy atom. The highest BCUT2D eigenvalue weighted by Crippen LogP contribution is 2.14. The van der Waals surface area contributed by atoms with Crippen LogP contribution in [0, 0.1) is 5.82 Å². The number of hydrogen-bond acceptors (Lipinski definition) is 1. The molecule has 0 spiro atoms. The summed E-state index contributed by atoms with van der Waals surface area (Å²) in [7, 11) is 0. The number of alkyl halides is 1. The number of carbonyl (C=O) groups is 1. The summed E-state index contributed by atoms with van der Waals surface area (Å²) in [4.78, 5) is 11.9. The Bertz CT molecular complexity index is 571. The zero-order valence-electron chi connectivity index (χ0n) is 9.49. The Morgan fingerprint density at radius 1 is 1.17 bits per heavy atom. The predicted octanol–water partition coefficient (Wildman–Crippen LogP) is 3.82. The fourth-order valence-electron chi connectivity index (χ4n) is 1.58. The maximum Gasteiger partial charge on any atom is 0.258 e. The molecule has 0 aliphatic heterocycles. The molecule has 0 fully saturated rings. The molecule has 2 aromatic carbocycles. The van der Waals surface area contributed by atoms with Gasteiger partial charge in [0.1, 0.15) is 5.82 Å². The fourth-order valence-corrected chi connectivity index (χ4v) is 1.74. The lowest BCUT2D eigenvalue weighted by atomic mass is 10.2. The van der Waals surface area contributed by atoms with Gasteiger partial charge in [-0.15, -0.1) is 11.6 Å². The maximum atomic E-state index is 13.4. The third-order valence-electron chi connectivity index (χ3n) is 2.46. The molecule has 0 aliphatic rings. The van der Waals surface area contributed by atoms with Gasteiger partial charge in [0.2, 0.25) is 0 Å². The lowest BCUT2D eigenvalue weighted by molar-refractivity contribution is 0.102. The highest BCUT2D eigenvalue weighted by molar-refractivity contribution is 6.17. The number of rotatable bonds is 3. The van der Waals surface area contributed by atoms with Crippen LogP contribution in [0.4, 0.5) is 10.1 Å². The highest BCUT2D eigenvalue weighted by atomic mass is 35.5. The van der Waals surface area contributed by atoms with Crippen molar-refractivity contribution >= 4 is 23.2 Å². The summed E-state index contributed by atoms with van der Waals surface area (Å²) in [6, 6.07) is 13.0. The molecule has 0 radical (unpaired) electrons. The van der Waals surface area contributed by atoms with Crippen LogP contribution in [0.2, 0.25) is 0 Å². The number of hydrogen-bond donors (Lipinski definition) is 1. The van der Waals surface area contributed by atoms with Gasteiger partial charge in [0.15, 0.2) is 0 Å². The maximum absolute atomic E-state index is 13.4. The van der Waals surface area contributed by atoms with Gasteiger partial charge in [0, 0.05) is 11.6 Å². The first-order valence-electron chi connectivity index (χ1n) is 5.41. The van der Waals surface area contributed by atoms with Gasteiger partial charge in [-0.3, -0.25) is 4.79 Å². The average molecular weight is 264 g/mol. The lowest BCUT2D eigenvalue weighted by Gasteiger charge is -2.07. The second-order valence-electron chi connectivity index (χ2n) is 3.77. The molecule has 1 N–H and O–H groups in total. The minimum Gasteiger partial charge on any atom is -0.322 e. The van der Waals surface area contributed by atoms with Crippen LogP contribution in [-0.4, -0.2) is 5.91 Å². The van der Waals surface area contributed by atoms with Crippen molar-refractivity contribution in [3.8, 4) is 0 Å². The summed E-state index contributed by atoms with van der Waals surface area (Å²) in [5.74, 6) is -0.646. The molecule has 0 bridgehead atoms. The van der Waals surface area contributed by atoms with Crippen LogP contribution in [-0.2, 0) is 5.88 Å². The highest BCUT2D eigenvalue weighted by Gasteiger charge is 2.10. The van der Waals surface area contributed by atoms with E-state index in [0.29, 0.717) is 11.6 Å². The number of carbonyl (C=O) groups excluding carboxylic acids is 1. The third kappa shape index (κ3) is 2.87. The van der Waals surface area contributed by atoms with Crippen LogP contribution < -0.4 is 5.32 Å². The van der Waals surface area contributed by atoms with Crippen molar-refractivity contribution in [2.45, 2.75) is 5.88 Å². The molecule has 4 heteroatoms. The van der Waals surface area contributed by atoms with E-state index in [0.717, 1.165) is 5.56 Å². The van der Waals surface area contributed by atoms with E-state index in [1.165, 1.54) is 12.1 Å². The molecular weight excluding hydrogens is 253 g/mol. The van der Waals surface area contributed by atoms with Gasteiger partial charge in [-0.05, 0) is 29.8 Å². The molecule has 2 nitrogen and oxygen atoms in total. The van der Waals surface area contributed by atoms with Gasteiger partial charge in [-0.1, -0.05) is 24.3 Å². The number of halogens is 2. The number of amides is 1. The minimum atomic E-state index is -0.538. The molecule has 0 aromatic heterocycles. The molecule has 2 aromatic rings. The van der Waals surface area contributed by atoms with Crippen molar-refractivity contribution in [2.75, 3.05) is 5.32 Å². The lowest BCUT2D eigenvalue weighted by Crippen LogP contribution is -2.13. The molecule has 0 saturated heterocycles. The van der Waals surface area contributed by atoms with E-state index >= 15 is 0 Å². The van der Waals surface area contributed by atoms with Crippen molar-refractivity contribution in [3.63, 3.8) is 0 Å². The predicted molar refractivity (Wildman–Crippen MR) is 70.4 cm³/mol. The second-order valence-corrected chi connectivity index (χ2v) is 4.04. The van der Waals surface area contributed by atoms with Crippen LogP contribution in [0.25, 0.3) is 0 Å². The van der Waals surface area contributed by atoms with Gasteiger partial charge in [0.25, 0.3) is 5.91 Å². The Morgan fingerprint density at radius 2 is 1.94 bits per heavy atom. The molecule has 0 saturated carbocycles. The van der Waals surface area contributed by atoms with Crippen molar-refractivity contribution < 1.29 is 9.18 Å². The van der Waals surface area contributed by atoms with E-state index in [1.54, 1.807) is 30.3 Å². The zero-order chi connectivity index (χ0) is 13.0. The summed E-state index contributed by atoms with van der Waals surface area (Å²) < 4.78 is 13.4. The van der Waals surface area contributed by atoms with E-state index in [2.05, 4.69) is 5.32 Å². The first-order chi connectivity index (χ1) is 8.70. The normalized spacial score (nSPS) is 10.1. The number of benzene rings is 2. The molecule has 0 heterocycles. The van der Waals surface area contributed by atoms with E-state index in [9.17, 15) is 9.18 Å². The van der Waals surface area contributed by atoms with E-state index in [4.69, 9.17) is 11.6 Å². The summed E-state index contributed by atoms with van der Waals surface area (Å²) >= 11 is 5.70. The number of anilines is 1. The van der Waals surface area contributed by atoms with Crippen LogP contribution in [0.15, 0.2) is 48.5 Å². The summed E-state index contributed by atoms with van der Waals surface area (Å²) in [6.07, 6.45) is 0. The SMILES string of the molecule is O=C(Nc1cccc(CCl)c1)c1ccccc1F. The quantitative estimate of drug-likeness (QED) is 0.838. The standard InChI is InChI=1S/C14H11ClFNO/c15-9-10-4-3-5-11(8-10)17-14(18)12-6-1-2-7-13(12)16/h1-8H,9H2,(H,17,18). The van der Waals surface area contributed by atoms with E-state index in [1.807, 2.05) is 6.07 Å². The molecule has 0 aliphatic carbocycles. The minimum absolute atomic E-state index is 0.0220. The Labute approximate surface area is 109 Å². The zero-order valence-corrected chi connectivity index (χ0v) is 10.2. The Hall–Kier alpha value is -1.87. The molecule has 0 atom stereocenters. The van der Waals surface area contributed by atoms with Crippen LogP contribution in [0.1, 0.15) is 15.9 Å². The molecule has 1 amide bonds. The van der Waals surface area contributed by atoms with Crippen molar-refractivity contribution in [1.82, 2.24) is 0 Å². The Kier molecular flexibility index (Phi) is 3.95. The average Bonchev–Trinajstić information content (AvgIpc) is 2.39. The van der Waals surface area contributed by atoms with Gasteiger partial charge in [0.05, 0.1) is 5.56 Å². The second kappa shape index (κ2) is 5.65. The summed E-state index contributed by atoms with van der Waals surface area (Å²) in [5.41, 5.74) is 1.51. The molecule has 2 rings (SSSR count).